The zero-order valence-corrected chi connectivity index (χ0v) is 9.45. The summed E-state index contributed by atoms with van der Waals surface area (Å²) in [5.74, 6) is -1.46. The van der Waals surface area contributed by atoms with Gasteiger partial charge in [0.1, 0.15) is 5.78 Å². The van der Waals surface area contributed by atoms with Gasteiger partial charge >= 0.3 is 5.97 Å². The normalized spacial score (nSPS) is 27.4. The number of hydrogen-bond donors (Lipinski definition) is 1. The molecule has 0 aliphatic carbocycles. The summed E-state index contributed by atoms with van der Waals surface area (Å²) < 4.78 is 5.52. The number of ketones is 1. The number of carbonyl (C=O) groups excluding carboxylic acids is 1. The van der Waals surface area contributed by atoms with E-state index in [4.69, 9.17) is 9.84 Å². The molecule has 0 radical (unpaired) electrons. The molecule has 1 N–H and O–H groups in total. The average molecular weight is 214 g/mol. The molecule has 0 spiro atoms. The fourth-order valence-electron chi connectivity index (χ4n) is 1.76. The summed E-state index contributed by atoms with van der Waals surface area (Å²) in [5.41, 5.74) is -0.389. The van der Waals surface area contributed by atoms with Gasteiger partial charge < -0.3 is 9.84 Å². The first-order valence-electron chi connectivity index (χ1n) is 5.21. The molecule has 1 aliphatic rings. The Bertz CT molecular complexity index is 270. The van der Waals surface area contributed by atoms with Crippen molar-refractivity contribution in [3.63, 3.8) is 0 Å². The molecule has 0 aromatic carbocycles. The first-order valence-corrected chi connectivity index (χ1v) is 5.21. The largest absolute Gasteiger partial charge is 0.481 e. The Hall–Kier alpha value is -0.900. The average Bonchev–Trinajstić information content (AvgIpc) is 2.08. The van der Waals surface area contributed by atoms with E-state index >= 15 is 0 Å². The zero-order chi connectivity index (χ0) is 11.6. The summed E-state index contributed by atoms with van der Waals surface area (Å²) in [7, 11) is 0. The van der Waals surface area contributed by atoms with Crippen molar-refractivity contribution in [1.82, 2.24) is 0 Å². The van der Waals surface area contributed by atoms with Gasteiger partial charge in [-0.05, 0) is 20.3 Å². The van der Waals surface area contributed by atoms with Crippen molar-refractivity contribution in [2.75, 3.05) is 6.61 Å². The van der Waals surface area contributed by atoms with Gasteiger partial charge in [-0.2, -0.15) is 0 Å². The third-order valence-corrected chi connectivity index (χ3v) is 2.79. The van der Waals surface area contributed by atoms with Crippen molar-refractivity contribution in [3.05, 3.63) is 0 Å². The molecule has 1 aliphatic heterocycles. The topological polar surface area (TPSA) is 63.6 Å². The van der Waals surface area contributed by atoms with E-state index in [9.17, 15) is 9.59 Å². The van der Waals surface area contributed by atoms with E-state index in [0.29, 0.717) is 19.4 Å². The van der Waals surface area contributed by atoms with Gasteiger partial charge in [-0.3, -0.25) is 9.59 Å². The lowest BCUT2D eigenvalue weighted by Gasteiger charge is -2.34. The van der Waals surface area contributed by atoms with Crippen LogP contribution in [0.3, 0.4) is 0 Å². The molecule has 4 nitrogen and oxygen atoms in total. The summed E-state index contributed by atoms with van der Waals surface area (Å²) >= 11 is 0. The monoisotopic (exact) mass is 214 g/mol. The summed E-state index contributed by atoms with van der Waals surface area (Å²) in [4.78, 5) is 22.3. The van der Waals surface area contributed by atoms with Crippen molar-refractivity contribution in [2.45, 2.75) is 39.2 Å². The standard InChI is InChI=1S/C11H18O4/c1-7(10(13)14)4-8-6-15-11(2,3)5-9(8)12/h7-8H,4-6H2,1-3H3,(H,13,14). The van der Waals surface area contributed by atoms with Crippen LogP contribution in [0.2, 0.25) is 0 Å². The van der Waals surface area contributed by atoms with Gasteiger partial charge in [0.05, 0.1) is 18.1 Å². The van der Waals surface area contributed by atoms with Crippen LogP contribution >= 0.6 is 0 Å². The van der Waals surface area contributed by atoms with E-state index in [1.54, 1.807) is 6.92 Å². The maximum absolute atomic E-state index is 11.7. The molecule has 1 rings (SSSR count). The minimum Gasteiger partial charge on any atom is -0.481 e. The minimum absolute atomic E-state index is 0.124. The Labute approximate surface area is 89.6 Å². The Kier molecular flexibility index (Phi) is 3.50. The van der Waals surface area contributed by atoms with Gasteiger partial charge in [-0.15, -0.1) is 0 Å². The van der Waals surface area contributed by atoms with E-state index in [-0.39, 0.29) is 17.3 Å². The van der Waals surface area contributed by atoms with Gasteiger partial charge in [0.15, 0.2) is 0 Å². The van der Waals surface area contributed by atoms with Crippen molar-refractivity contribution in [1.29, 1.82) is 0 Å². The van der Waals surface area contributed by atoms with E-state index in [2.05, 4.69) is 0 Å². The number of rotatable bonds is 3. The van der Waals surface area contributed by atoms with Gasteiger partial charge in [0.25, 0.3) is 0 Å². The summed E-state index contributed by atoms with van der Waals surface area (Å²) in [6.07, 6.45) is 0.758. The maximum Gasteiger partial charge on any atom is 0.306 e. The van der Waals surface area contributed by atoms with Crippen LogP contribution in [0.4, 0.5) is 0 Å². The lowest BCUT2D eigenvalue weighted by molar-refractivity contribution is -0.148. The van der Waals surface area contributed by atoms with Crippen LogP contribution in [0.5, 0.6) is 0 Å². The molecule has 2 unspecified atom stereocenters. The quantitative estimate of drug-likeness (QED) is 0.773. The van der Waals surface area contributed by atoms with Crippen molar-refractivity contribution in [3.8, 4) is 0 Å². The SMILES string of the molecule is CC(CC1COC(C)(C)CC1=O)C(=O)O. The van der Waals surface area contributed by atoms with Crippen molar-refractivity contribution < 1.29 is 19.4 Å². The number of ether oxygens (including phenoxy) is 1. The highest BCUT2D eigenvalue weighted by molar-refractivity contribution is 5.83. The summed E-state index contributed by atoms with van der Waals surface area (Å²) in [6, 6.07) is 0. The molecule has 2 atom stereocenters. The minimum atomic E-state index is -0.854. The van der Waals surface area contributed by atoms with E-state index in [0.717, 1.165) is 0 Å². The van der Waals surface area contributed by atoms with Crippen LogP contribution in [0, 0.1) is 11.8 Å². The highest BCUT2D eigenvalue weighted by Crippen LogP contribution is 2.28. The Morgan fingerprint density at radius 3 is 2.73 bits per heavy atom. The van der Waals surface area contributed by atoms with Crippen LogP contribution in [-0.2, 0) is 14.3 Å². The molecule has 1 fully saturated rings. The van der Waals surface area contributed by atoms with Crippen LogP contribution in [0.15, 0.2) is 0 Å². The number of aliphatic carboxylic acids is 1. The summed E-state index contributed by atoms with van der Waals surface area (Å²) in [5, 5.41) is 8.75. The Balaban J connectivity index is 2.52. The fourth-order valence-corrected chi connectivity index (χ4v) is 1.76. The van der Waals surface area contributed by atoms with Crippen molar-refractivity contribution in [2.24, 2.45) is 11.8 Å². The first kappa shape index (κ1) is 12.2. The predicted octanol–water partition coefficient (Wildman–Crippen LogP) is 1.48. The Morgan fingerprint density at radius 2 is 2.27 bits per heavy atom. The lowest BCUT2D eigenvalue weighted by Crippen LogP contribution is -2.41. The van der Waals surface area contributed by atoms with E-state index in [1.807, 2.05) is 13.8 Å². The maximum atomic E-state index is 11.7. The number of Topliss-reactive ketones (excluding diaryl/α,β-unsaturated/α-hetero) is 1. The zero-order valence-electron chi connectivity index (χ0n) is 9.45. The molecule has 1 heterocycles. The number of hydrogen-bond acceptors (Lipinski definition) is 3. The lowest BCUT2D eigenvalue weighted by atomic mass is 9.85. The van der Waals surface area contributed by atoms with Gasteiger partial charge in [-0.25, -0.2) is 0 Å². The third-order valence-electron chi connectivity index (χ3n) is 2.79. The Morgan fingerprint density at radius 1 is 1.67 bits per heavy atom. The van der Waals surface area contributed by atoms with Gasteiger partial charge in [0.2, 0.25) is 0 Å². The van der Waals surface area contributed by atoms with Crippen LogP contribution < -0.4 is 0 Å². The predicted molar refractivity (Wildman–Crippen MR) is 54.6 cm³/mol. The molecule has 0 aromatic heterocycles. The van der Waals surface area contributed by atoms with Crippen LogP contribution in [-0.4, -0.2) is 29.1 Å². The number of carbonyl (C=O) groups is 2. The molecule has 0 bridgehead atoms. The summed E-state index contributed by atoms with van der Waals surface area (Å²) in [6.45, 7) is 5.72. The fraction of sp³-hybridized carbons (Fsp3) is 0.818. The molecule has 0 aromatic rings. The molecule has 0 saturated carbocycles. The van der Waals surface area contributed by atoms with Gasteiger partial charge in [-0.1, -0.05) is 6.92 Å². The number of carboxylic acid groups (broad SMARTS) is 1. The first-order chi connectivity index (χ1) is 6.82. The highest BCUT2D eigenvalue weighted by atomic mass is 16.5. The van der Waals surface area contributed by atoms with E-state index < -0.39 is 11.9 Å². The van der Waals surface area contributed by atoms with E-state index in [1.165, 1.54) is 0 Å². The smallest absolute Gasteiger partial charge is 0.306 e. The highest BCUT2D eigenvalue weighted by Gasteiger charge is 2.35. The third kappa shape index (κ3) is 3.30. The molecule has 0 amide bonds. The molecule has 86 valence electrons. The van der Waals surface area contributed by atoms with Gasteiger partial charge in [0, 0.05) is 12.3 Å². The molecule has 4 heteroatoms. The second kappa shape index (κ2) is 4.31. The van der Waals surface area contributed by atoms with Crippen LogP contribution in [0.1, 0.15) is 33.6 Å². The second-order valence-electron chi connectivity index (χ2n) is 4.89. The second-order valence-corrected chi connectivity index (χ2v) is 4.89. The molecule has 15 heavy (non-hydrogen) atoms. The van der Waals surface area contributed by atoms with Crippen LogP contribution in [0.25, 0.3) is 0 Å². The number of carboxylic acids is 1. The molecular weight excluding hydrogens is 196 g/mol. The van der Waals surface area contributed by atoms with Crippen molar-refractivity contribution >= 4 is 11.8 Å². The molecular formula is C11H18O4. The molecule has 1 saturated heterocycles.